The second-order valence-electron chi connectivity index (χ2n) is 7.86. The van der Waals surface area contributed by atoms with Crippen LogP contribution in [-0.2, 0) is 14.4 Å². The lowest BCUT2D eigenvalue weighted by molar-refractivity contribution is -0.384. The molecule has 2 aliphatic rings. The number of nitro benzene ring substituents is 1. The number of non-ortho nitro benzene ring substituents is 1. The number of carbonyl (C=O) groups excluding carboxylic acids is 2. The molecule has 0 bridgehead atoms. The Bertz CT molecular complexity index is 1230. The smallest absolute Gasteiger partial charge is 0.269 e. The molecule has 0 N–H and O–H groups in total. The average Bonchev–Trinajstić information content (AvgIpc) is 3.30. The molecule has 2 aliphatic heterocycles. The Hall–Kier alpha value is -4.04. The zero-order valence-corrected chi connectivity index (χ0v) is 17.1. The monoisotopic (exact) mass is 429 g/mol. The molecule has 3 atom stereocenters. The summed E-state index contributed by atoms with van der Waals surface area (Å²) >= 11 is 0. The minimum Gasteiger partial charge on any atom is -0.273 e. The van der Waals surface area contributed by atoms with Gasteiger partial charge in [0.1, 0.15) is 5.92 Å². The normalized spacial score (nSPS) is 22.3. The van der Waals surface area contributed by atoms with E-state index in [0.717, 1.165) is 10.5 Å². The number of fused-ring (bicyclic) bond motifs is 1. The molecule has 0 radical (unpaired) electrons. The van der Waals surface area contributed by atoms with E-state index in [-0.39, 0.29) is 11.6 Å². The van der Waals surface area contributed by atoms with Gasteiger partial charge >= 0.3 is 0 Å². The van der Waals surface area contributed by atoms with Gasteiger partial charge in [-0.3, -0.25) is 24.5 Å². The molecule has 2 fully saturated rings. The van der Waals surface area contributed by atoms with Gasteiger partial charge in [-0.1, -0.05) is 42.5 Å². The second-order valence-corrected chi connectivity index (χ2v) is 7.86. The van der Waals surface area contributed by atoms with Crippen molar-refractivity contribution in [3.8, 4) is 0 Å². The maximum absolute atomic E-state index is 13.6. The van der Waals surface area contributed by atoms with E-state index >= 15 is 0 Å². The molecule has 8 heteroatoms. The van der Waals surface area contributed by atoms with Gasteiger partial charge in [-0.15, -0.1) is 0 Å². The lowest BCUT2D eigenvalue weighted by Gasteiger charge is -2.28. The molecule has 0 aliphatic carbocycles. The van der Waals surface area contributed by atoms with E-state index in [9.17, 15) is 19.7 Å². The number of para-hydroxylation sites is 1. The summed E-state index contributed by atoms with van der Waals surface area (Å²) in [4.78, 5) is 44.9. The summed E-state index contributed by atoms with van der Waals surface area (Å²) in [5.41, 5.74) is 2.50. The maximum atomic E-state index is 13.6. The predicted octanol–water partition coefficient (Wildman–Crippen LogP) is 3.95. The predicted molar refractivity (Wildman–Crippen MR) is 117 cm³/mol. The molecule has 2 saturated heterocycles. The second kappa shape index (κ2) is 7.58. The Morgan fingerprint density at radius 1 is 0.875 bits per heavy atom. The van der Waals surface area contributed by atoms with Gasteiger partial charge in [0.25, 0.3) is 11.6 Å². The van der Waals surface area contributed by atoms with Crippen LogP contribution in [0.1, 0.15) is 17.2 Å². The number of hydroxylamine groups is 1. The van der Waals surface area contributed by atoms with E-state index in [1.54, 1.807) is 42.5 Å². The first-order chi connectivity index (χ1) is 15.5. The summed E-state index contributed by atoms with van der Waals surface area (Å²) in [6, 6.07) is 21.7. The van der Waals surface area contributed by atoms with Crippen LogP contribution in [0.15, 0.2) is 78.9 Å². The molecule has 3 aromatic rings. The summed E-state index contributed by atoms with van der Waals surface area (Å²) in [5, 5.41) is 12.9. The van der Waals surface area contributed by atoms with Gasteiger partial charge in [0.05, 0.1) is 22.3 Å². The van der Waals surface area contributed by atoms with Crippen LogP contribution in [0.5, 0.6) is 0 Å². The van der Waals surface area contributed by atoms with Crippen LogP contribution in [0.3, 0.4) is 0 Å². The Labute approximate surface area is 183 Å². The third-order valence-electron chi connectivity index (χ3n) is 5.81. The summed E-state index contributed by atoms with van der Waals surface area (Å²) in [7, 11) is 0. The first kappa shape index (κ1) is 19.9. The Balaban J connectivity index is 1.61. The molecule has 2 amide bonds. The number of rotatable bonds is 4. The molecule has 160 valence electrons. The lowest BCUT2D eigenvalue weighted by atomic mass is 9.90. The lowest BCUT2D eigenvalue weighted by Crippen LogP contribution is -2.37. The van der Waals surface area contributed by atoms with E-state index in [0.29, 0.717) is 16.9 Å². The quantitative estimate of drug-likeness (QED) is 0.354. The number of hydrogen-bond acceptors (Lipinski definition) is 6. The van der Waals surface area contributed by atoms with Crippen LogP contribution in [-0.4, -0.2) is 22.8 Å². The van der Waals surface area contributed by atoms with Gasteiger partial charge in [-0.25, -0.2) is 9.96 Å². The van der Waals surface area contributed by atoms with Crippen molar-refractivity contribution in [3.05, 3.63) is 100 Å². The van der Waals surface area contributed by atoms with Gasteiger partial charge in [-0.2, -0.15) is 0 Å². The number of benzene rings is 3. The molecule has 0 aromatic heterocycles. The fourth-order valence-corrected chi connectivity index (χ4v) is 4.40. The molecule has 5 rings (SSSR count). The number of anilines is 2. The van der Waals surface area contributed by atoms with E-state index in [4.69, 9.17) is 4.84 Å². The SMILES string of the molecule is Cc1cccc(N2C(=O)[C@@H]3[C@@H](ON(c4ccccc4)[C@H]3c3cccc([N+](=O)[O-])c3)C2=O)c1. The Morgan fingerprint density at radius 3 is 2.31 bits per heavy atom. The summed E-state index contributed by atoms with van der Waals surface area (Å²) in [5.74, 6) is -1.68. The van der Waals surface area contributed by atoms with Crippen molar-refractivity contribution in [1.29, 1.82) is 0 Å². The first-order valence-electron chi connectivity index (χ1n) is 10.2. The first-order valence-corrected chi connectivity index (χ1v) is 10.2. The highest BCUT2D eigenvalue weighted by Crippen LogP contribution is 2.47. The third kappa shape index (κ3) is 3.12. The van der Waals surface area contributed by atoms with Gasteiger partial charge in [0.2, 0.25) is 5.91 Å². The van der Waals surface area contributed by atoms with E-state index in [2.05, 4.69) is 0 Å². The fourth-order valence-electron chi connectivity index (χ4n) is 4.40. The molecule has 2 heterocycles. The van der Waals surface area contributed by atoms with Gasteiger partial charge in [0.15, 0.2) is 6.10 Å². The molecule has 32 heavy (non-hydrogen) atoms. The Morgan fingerprint density at radius 2 is 1.59 bits per heavy atom. The topological polar surface area (TPSA) is 93.0 Å². The molecule has 8 nitrogen and oxygen atoms in total. The van der Waals surface area contributed by atoms with Crippen LogP contribution >= 0.6 is 0 Å². The van der Waals surface area contributed by atoms with E-state index in [1.807, 2.05) is 31.2 Å². The summed E-state index contributed by atoms with van der Waals surface area (Å²) in [6.45, 7) is 1.88. The minimum absolute atomic E-state index is 0.0914. The van der Waals surface area contributed by atoms with Crippen molar-refractivity contribution in [1.82, 2.24) is 0 Å². The molecule has 0 saturated carbocycles. The number of imide groups is 1. The van der Waals surface area contributed by atoms with Crippen LogP contribution in [0.25, 0.3) is 0 Å². The summed E-state index contributed by atoms with van der Waals surface area (Å²) < 4.78 is 0. The van der Waals surface area contributed by atoms with Crippen molar-refractivity contribution in [2.24, 2.45) is 5.92 Å². The highest BCUT2D eigenvalue weighted by molar-refractivity contribution is 6.24. The van der Waals surface area contributed by atoms with Crippen LogP contribution in [0.2, 0.25) is 0 Å². The van der Waals surface area contributed by atoms with Crippen molar-refractivity contribution < 1.29 is 19.3 Å². The zero-order valence-electron chi connectivity index (χ0n) is 17.1. The van der Waals surface area contributed by atoms with Crippen LogP contribution < -0.4 is 9.96 Å². The molecule has 0 spiro atoms. The van der Waals surface area contributed by atoms with Crippen LogP contribution in [0.4, 0.5) is 17.1 Å². The average molecular weight is 429 g/mol. The van der Waals surface area contributed by atoms with Crippen LogP contribution in [0, 0.1) is 23.0 Å². The van der Waals surface area contributed by atoms with Crippen molar-refractivity contribution >= 4 is 28.9 Å². The highest BCUT2D eigenvalue weighted by Gasteiger charge is 2.60. The number of carbonyl (C=O) groups is 2. The van der Waals surface area contributed by atoms with Gasteiger partial charge < -0.3 is 0 Å². The van der Waals surface area contributed by atoms with Gasteiger partial charge in [-0.05, 0) is 42.3 Å². The van der Waals surface area contributed by atoms with Crippen molar-refractivity contribution in [2.75, 3.05) is 9.96 Å². The number of nitrogens with zero attached hydrogens (tertiary/aromatic N) is 3. The molecule has 0 unspecified atom stereocenters. The largest absolute Gasteiger partial charge is 0.273 e. The molecular weight excluding hydrogens is 410 g/mol. The van der Waals surface area contributed by atoms with E-state index < -0.39 is 28.9 Å². The molecular formula is C24H19N3O5. The third-order valence-corrected chi connectivity index (χ3v) is 5.81. The number of hydrogen-bond donors (Lipinski definition) is 0. The van der Waals surface area contributed by atoms with Gasteiger partial charge in [0, 0.05) is 12.1 Å². The zero-order chi connectivity index (χ0) is 22.4. The number of nitro groups is 1. The van der Waals surface area contributed by atoms with E-state index in [1.165, 1.54) is 17.2 Å². The number of aryl methyl sites for hydroxylation is 1. The van der Waals surface area contributed by atoms with Crippen molar-refractivity contribution in [2.45, 2.75) is 19.1 Å². The molecule has 3 aromatic carbocycles. The van der Waals surface area contributed by atoms with Crippen molar-refractivity contribution in [3.63, 3.8) is 0 Å². The fraction of sp³-hybridized carbons (Fsp3) is 0.167. The number of amides is 2. The minimum atomic E-state index is -1.02. The maximum Gasteiger partial charge on any atom is 0.269 e. The Kier molecular flexibility index (Phi) is 4.71. The standard InChI is InChI=1S/C24H19N3O5/c1-15-7-5-11-18(13-15)25-23(28)20-21(16-8-6-12-19(14-16)27(30)31)26(32-22(20)24(25)29)17-9-3-2-4-10-17/h2-14,20-22H,1H3/t20-,21-,22+/m0/s1. The summed E-state index contributed by atoms with van der Waals surface area (Å²) in [6.07, 6.45) is -1.02. The highest BCUT2D eigenvalue weighted by atomic mass is 16.7.